The fraction of sp³-hybridized carbons (Fsp3) is 0.556. The Morgan fingerprint density at radius 3 is 2.32 bits per heavy atom. The molecule has 1 aromatic carbocycles. The molecule has 0 saturated heterocycles. The number of ether oxygens (including phenoxy) is 1. The highest BCUT2D eigenvalue weighted by Gasteiger charge is 2.32. The minimum absolute atomic E-state index is 0.0350. The largest absolute Gasteiger partial charge is 0.481 e. The first-order valence-electron chi connectivity index (χ1n) is 8.14. The summed E-state index contributed by atoms with van der Waals surface area (Å²) in [6.07, 6.45) is -1.55. The lowest BCUT2D eigenvalue weighted by Crippen LogP contribution is -2.45. The molecule has 0 heterocycles. The van der Waals surface area contributed by atoms with Crippen LogP contribution in [0.1, 0.15) is 32.8 Å². The number of carboxylic acids is 1. The second kappa shape index (κ2) is 12.4. The number of nitrogens with one attached hydrogen (secondary N) is 1. The van der Waals surface area contributed by atoms with Crippen LogP contribution in [0.25, 0.3) is 0 Å². The van der Waals surface area contributed by atoms with Crippen molar-refractivity contribution in [3.63, 3.8) is 0 Å². The summed E-state index contributed by atoms with van der Waals surface area (Å²) in [5, 5.41) is 29.0. The van der Waals surface area contributed by atoms with Gasteiger partial charge in [0.05, 0.1) is 19.6 Å². The summed E-state index contributed by atoms with van der Waals surface area (Å²) in [6, 6.07) is 10.2. The van der Waals surface area contributed by atoms with Crippen molar-refractivity contribution in [1.82, 2.24) is 5.32 Å². The smallest absolute Gasteiger partial charge is 0.305 e. The summed E-state index contributed by atoms with van der Waals surface area (Å²) < 4.78 is 5.22. The van der Waals surface area contributed by atoms with Crippen molar-refractivity contribution in [3.05, 3.63) is 35.9 Å². The summed E-state index contributed by atoms with van der Waals surface area (Å²) in [5.74, 6) is -1.69. The van der Waals surface area contributed by atoms with Gasteiger partial charge in [0.15, 0.2) is 0 Å². The van der Waals surface area contributed by atoms with E-state index in [9.17, 15) is 14.7 Å². The Labute approximate surface area is 148 Å². The molecule has 0 aromatic heterocycles. The van der Waals surface area contributed by atoms with Crippen LogP contribution in [-0.2, 0) is 20.9 Å². The van der Waals surface area contributed by atoms with Crippen LogP contribution in [0.15, 0.2) is 30.3 Å². The molecule has 142 valence electrons. The number of amides is 1. The highest BCUT2D eigenvalue weighted by atomic mass is 16.5. The molecule has 1 atom stereocenters. The lowest BCUT2D eigenvalue weighted by molar-refractivity contribution is -0.138. The number of aliphatic carboxylic acids is 1. The molecule has 0 fully saturated rings. The Balaban J connectivity index is 0.000000496. The van der Waals surface area contributed by atoms with Crippen molar-refractivity contribution in [2.45, 2.75) is 39.9 Å². The quantitative estimate of drug-likeness (QED) is 0.529. The van der Waals surface area contributed by atoms with E-state index in [1.807, 2.05) is 25.1 Å². The van der Waals surface area contributed by atoms with Gasteiger partial charge < -0.3 is 25.4 Å². The fourth-order valence-electron chi connectivity index (χ4n) is 1.62. The van der Waals surface area contributed by atoms with Gasteiger partial charge in [-0.15, -0.1) is 0 Å². The van der Waals surface area contributed by atoms with E-state index in [1.165, 1.54) is 19.4 Å². The topological polar surface area (TPSA) is 116 Å². The van der Waals surface area contributed by atoms with Gasteiger partial charge >= 0.3 is 5.97 Å². The SMILES string of the molecule is CC(C)(CO)C(O)C(=O)NCCC(=O)O.CCOCc1ccccc1. The van der Waals surface area contributed by atoms with E-state index < -0.39 is 23.4 Å². The van der Waals surface area contributed by atoms with Crippen LogP contribution in [0.2, 0.25) is 0 Å². The van der Waals surface area contributed by atoms with E-state index in [1.54, 1.807) is 0 Å². The molecule has 1 rings (SSSR count). The molecule has 7 heteroatoms. The van der Waals surface area contributed by atoms with Crippen molar-refractivity contribution in [2.75, 3.05) is 19.8 Å². The molecular weight excluding hydrogens is 326 g/mol. The van der Waals surface area contributed by atoms with Crippen LogP contribution >= 0.6 is 0 Å². The van der Waals surface area contributed by atoms with Crippen molar-refractivity contribution >= 4 is 11.9 Å². The van der Waals surface area contributed by atoms with E-state index in [4.69, 9.17) is 14.9 Å². The summed E-state index contributed by atoms with van der Waals surface area (Å²) >= 11 is 0. The molecule has 0 aliphatic carbocycles. The van der Waals surface area contributed by atoms with Gasteiger partial charge in [0.1, 0.15) is 6.10 Å². The first kappa shape index (κ1) is 23.0. The molecule has 0 saturated carbocycles. The lowest BCUT2D eigenvalue weighted by atomic mass is 9.87. The van der Waals surface area contributed by atoms with Crippen LogP contribution in [0.5, 0.6) is 0 Å². The molecule has 0 aliphatic heterocycles. The van der Waals surface area contributed by atoms with Crippen LogP contribution < -0.4 is 5.32 Å². The molecule has 0 spiro atoms. The monoisotopic (exact) mass is 355 g/mol. The van der Waals surface area contributed by atoms with Gasteiger partial charge in [-0.25, -0.2) is 0 Å². The lowest BCUT2D eigenvalue weighted by Gasteiger charge is -2.26. The number of rotatable bonds is 9. The Morgan fingerprint density at radius 2 is 1.84 bits per heavy atom. The summed E-state index contributed by atoms with van der Waals surface area (Å²) in [6.45, 7) is 6.23. The van der Waals surface area contributed by atoms with E-state index in [0.717, 1.165) is 13.2 Å². The number of aliphatic hydroxyl groups excluding tert-OH is 2. The average molecular weight is 355 g/mol. The van der Waals surface area contributed by atoms with E-state index in [-0.39, 0.29) is 19.6 Å². The number of carboxylic acid groups (broad SMARTS) is 1. The minimum atomic E-state index is -1.35. The van der Waals surface area contributed by atoms with Crippen LogP contribution in [-0.4, -0.2) is 53.1 Å². The second-order valence-corrected chi connectivity index (χ2v) is 6.11. The molecule has 0 bridgehead atoms. The van der Waals surface area contributed by atoms with Crippen molar-refractivity contribution in [3.8, 4) is 0 Å². The van der Waals surface area contributed by atoms with Gasteiger partial charge in [-0.3, -0.25) is 9.59 Å². The van der Waals surface area contributed by atoms with Gasteiger partial charge in [-0.2, -0.15) is 0 Å². The Hall–Kier alpha value is -1.96. The third-order valence-corrected chi connectivity index (χ3v) is 3.35. The van der Waals surface area contributed by atoms with Crippen LogP contribution in [0.3, 0.4) is 0 Å². The van der Waals surface area contributed by atoms with Crippen LogP contribution in [0.4, 0.5) is 0 Å². The Morgan fingerprint density at radius 1 is 1.24 bits per heavy atom. The fourth-order valence-corrected chi connectivity index (χ4v) is 1.62. The van der Waals surface area contributed by atoms with Crippen LogP contribution in [0, 0.1) is 5.41 Å². The molecular formula is C18H29NO6. The minimum Gasteiger partial charge on any atom is -0.481 e. The number of aliphatic hydroxyl groups is 2. The highest BCUT2D eigenvalue weighted by molar-refractivity contribution is 5.81. The van der Waals surface area contributed by atoms with Gasteiger partial charge in [-0.1, -0.05) is 44.2 Å². The maximum atomic E-state index is 11.3. The molecule has 1 amide bonds. The molecule has 1 unspecified atom stereocenters. The molecule has 1 aromatic rings. The maximum absolute atomic E-state index is 11.3. The summed E-state index contributed by atoms with van der Waals surface area (Å²) in [4.78, 5) is 21.4. The maximum Gasteiger partial charge on any atom is 0.305 e. The third-order valence-electron chi connectivity index (χ3n) is 3.35. The van der Waals surface area contributed by atoms with Crippen molar-refractivity contribution in [2.24, 2.45) is 5.41 Å². The number of benzene rings is 1. The number of hydrogen-bond acceptors (Lipinski definition) is 5. The first-order valence-corrected chi connectivity index (χ1v) is 8.14. The van der Waals surface area contributed by atoms with Gasteiger partial charge in [0.25, 0.3) is 0 Å². The first-order chi connectivity index (χ1) is 11.7. The van der Waals surface area contributed by atoms with Gasteiger partial charge in [0.2, 0.25) is 5.91 Å². The average Bonchev–Trinajstić information content (AvgIpc) is 2.60. The molecule has 25 heavy (non-hydrogen) atoms. The molecule has 4 N–H and O–H groups in total. The van der Waals surface area contributed by atoms with Gasteiger partial charge in [0, 0.05) is 18.6 Å². The van der Waals surface area contributed by atoms with Gasteiger partial charge in [-0.05, 0) is 12.5 Å². The van der Waals surface area contributed by atoms with E-state index in [0.29, 0.717) is 0 Å². The predicted octanol–water partition coefficient (Wildman–Crippen LogP) is 1.18. The normalized spacial score (nSPS) is 11.9. The molecule has 0 radical (unpaired) electrons. The number of carbonyl (C=O) groups excluding carboxylic acids is 1. The zero-order valence-corrected chi connectivity index (χ0v) is 15.1. The highest BCUT2D eigenvalue weighted by Crippen LogP contribution is 2.19. The molecule has 0 aliphatic rings. The number of hydrogen-bond donors (Lipinski definition) is 4. The summed E-state index contributed by atoms with van der Waals surface area (Å²) in [7, 11) is 0. The van der Waals surface area contributed by atoms with E-state index >= 15 is 0 Å². The van der Waals surface area contributed by atoms with E-state index in [2.05, 4.69) is 17.4 Å². The zero-order valence-electron chi connectivity index (χ0n) is 15.1. The summed E-state index contributed by atoms with van der Waals surface area (Å²) in [5.41, 5.74) is 0.303. The zero-order chi connectivity index (χ0) is 19.3. The standard InChI is InChI=1S/C9H17NO5.C9H12O/c1-9(2,5-11)7(14)8(15)10-4-3-6(12)13;1-2-10-8-9-6-4-3-5-7-9/h7,11,14H,3-5H2,1-2H3,(H,10,15)(H,12,13);3-7H,2,8H2,1H3. The second-order valence-electron chi connectivity index (χ2n) is 6.11. The third kappa shape index (κ3) is 10.5. The molecule has 7 nitrogen and oxygen atoms in total. The Bertz CT molecular complexity index is 504. The predicted molar refractivity (Wildman–Crippen MR) is 93.9 cm³/mol. The van der Waals surface area contributed by atoms with Crippen molar-refractivity contribution < 1.29 is 29.6 Å². The number of carbonyl (C=O) groups is 2. The Kier molecular flexibility index (Phi) is 11.4. The van der Waals surface area contributed by atoms with Crippen molar-refractivity contribution in [1.29, 1.82) is 0 Å².